The minimum absolute atomic E-state index is 0.0935. The molecule has 6 aromatic rings. The number of halogens is 4. The van der Waals surface area contributed by atoms with Gasteiger partial charge in [0.25, 0.3) is 0 Å². The third-order valence-corrected chi connectivity index (χ3v) is 9.62. The number of hydrogen-bond acceptors (Lipinski definition) is 5. The molecule has 0 unspecified atom stereocenters. The van der Waals surface area contributed by atoms with Crippen LogP contribution in [-0.4, -0.2) is 26.5 Å². The molecule has 4 N–H and O–H groups in total. The second kappa shape index (κ2) is 13.3. The molecule has 5 heterocycles. The maximum atomic E-state index is 16.1. The van der Waals surface area contributed by atoms with Gasteiger partial charge in [-0.3, -0.25) is 0 Å². The number of aromatic amines is 2. The summed E-state index contributed by atoms with van der Waals surface area (Å²) in [5, 5.41) is 0. The van der Waals surface area contributed by atoms with Gasteiger partial charge >= 0.3 is 0 Å². The molecule has 6 nitrogen and oxygen atoms in total. The molecule has 11 heteroatoms. The number of fused-ring (bicyclic) bond motifs is 8. The van der Waals surface area contributed by atoms with E-state index in [0.29, 0.717) is 45.6 Å². The van der Waals surface area contributed by atoms with Crippen molar-refractivity contribution in [2.24, 2.45) is 0 Å². The lowest BCUT2D eigenvalue weighted by Gasteiger charge is -2.13. The minimum Gasteiger partial charge on any atom is -0.481 e. The van der Waals surface area contributed by atoms with E-state index in [1.165, 1.54) is 12.1 Å². The fraction of sp³-hybridized carbons (Fsp3) is 0.0244. The Bertz CT molecular complexity index is 2660. The molecule has 8 rings (SSSR count). The Morgan fingerprint density at radius 3 is 1.85 bits per heavy atom. The summed E-state index contributed by atoms with van der Waals surface area (Å²) in [5.74, 6) is -3.14. The average Bonchev–Trinajstić information content (AvgIpc) is 3.98. The smallest absolute Gasteiger partial charge is 0.176 e. The molecule has 3 aromatic heterocycles. The van der Waals surface area contributed by atoms with Crippen molar-refractivity contribution < 1.29 is 22.3 Å². The van der Waals surface area contributed by atoms with Gasteiger partial charge in [0.05, 0.1) is 33.2 Å². The van der Waals surface area contributed by atoms with Crippen LogP contribution in [-0.2, 0) is 0 Å². The summed E-state index contributed by atoms with van der Waals surface area (Å²) in [4.78, 5) is 15.5. The van der Waals surface area contributed by atoms with Crippen LogP contribution in [0.1, 0.15) is 22.8 Å². The van der Waals surface area contributed by atoms with Crippen molar-refractivity contribution >= 4 is 63.8 Å². The molecular weight excluding hydrogens is 687 g/mol. The number of aromatic nitrogens is 4. The number of terminal acetylenes is 1. The zero-order chi connectivity index (χ0) is 35.9. The van der Waals surface area contributed by atoms with E-state index in [1.807, 2.05) is 48.6 Å². The molecule has 0 saturated carbocycles. The third kappa shape index (κ3) is 5.99. The van der Waals surface area contributed by atoms with Crippen LogP contribution in [0.15, 0.2) is 94.7 Å². The Kier molecular flexibility index (Phi) is 8.37. The first-order valence-electron chi connectivity index (χ1n) is 15.9. The Hall–Kier alpha value is -6.51. The maximum absolute atomic E-state index is 16.1. The van der Waals surface area contributed by atoms with Crippen LogP contribution in [0.3, 0.4) is 0 Å². The van der Waals surface area contributed by atoms with Crippen molar-refractivity contribution in [3.8, 4) is 40.3 Å². The highest BCUT2D eigenvalue weighted by Gasteiger charge is 2.30. The van der Waals surface area contributed by atoms with Gasteiger partial charge in [0.15, 0.2) is 23.3 Å². The third-order valence-electron chi connectivity index (χ3n) is 8.47. The number of nitrogens with zero attached hydrogens (tertiary/aromatic N) is 2. The number of nitrogens with one attached hydrogen (secondary N) is 2. The monoisotopic (exact) mass is 711 g/mol. The second-order valence-corrected chi connectivity index (χ2v) is 12.9. The molecule has 0 radical (unpaired) electrons. The number of anilines is 1. The number of nitrogens with two attached hydrogens (primary N) is 1. The fourth-order valence-electron chi connectivity index (χ4n) is 6.09. The standard InChI is InChI=1S/C41H25F4N5OS/c1-2-19-51-27-13-7-22(8-14-27)34-29-15-9-23(47-29)20-25-11-17-31(49-25)35(32-18-12-26(50-32)21-24-10-16-30(34)48-24)36-37(42)39(44)41(40(45)38(36)43)52-33-6-4-3-5-28(33)46/h1,3-18,20-21,47,50H,19,46H2. The normalized spacial score (nSPS) is 11.9. The van der Waals surface area contributed by atoms with Crippen molar-refractivity contribution in [2.45, 2.75) is 9.79 Å². The van der Waals surface area contributed by atoms with Gasteiger partial charge < -0.3 is 20.4 Å². The maximum Gasteiger partial charge on any atom is 0.176 e. The zero-order valence-corrected chi connectivity index (χ0v) is 27.8. The Labute approximate surface area is 298 Å². The van der Waals surface area contributed by atoms with Crippen LogP contribution >= 0.6 is 11.8 Å². The lowest BCUT2D eigenvalue weighted by atomic mass is 10.0. The molecule has 52 heavy (non-hydrogen) atoms. The highest BCUT2D eigenvalue weighted by atomic mass is 32.2. The van der Waals surface area contributed by atoms with Gasteiger partial charge in [0.2, 0.25) is 0 Å². The molecule has 0 atom stereocenters. The summed E-state index contributed by atoms with van der Waals surface area (Å²) in [6.07, 6.45) is 12.3. The van der Waals surface area contributed by atoms with E-state index in [9.17, 15) is 0 Å². The highest BCUT2D eigenvalue weighted by Crippen LogP contribution is 2.42. The van der Waals surface area contributed by atoms with Crippen LogP contribution < -0.4 is 10.5 Å². The van der Waals surface area contributed by atoms with E-state index in [4.69, 9.17) is 21.9 Å². The van der Waals surface area contributed by atoms with Crippen molar-refractivity contribution in [3.63, 3.8) is 0 Å². The molecule has 2 aliphatic rings. The van der Waals surface area contributed by atoms with Gasteiger partial charge in [-0.05, 0) is 90.5 Å². The van der Waals surface area contributed by atoms with Gasteiger partial charge in [0.1, 0.15) is 12.4 Å². The van der Waals surface area contributed by atoms with Crippen LogP contribution in [0, 0.1) is 35.6 Å². The Balaban J connectivity index is 1.34. The molecule has 0 spiro atoms. The average molecular weight is 712 g/mol. The van der Waals surface area contributed by atoms with E-state index in [1.54, 1.807) is 48.6 Å². The van der Waals surface area contributed by atoms with E-state index < -0.39 is 33.7 Å². The first-order chi connectivity index (χ1) is 25.3. The van der Waals surface area contributed by atoms with Crippen molar-refractivity contribution in [1.29, 1.82) is 0 Å². The van der Waals surface area contributed by atoms with Crippen molar-refractivity contribution in [3.05, 3.63) is 131 Å². The first kappa shape index (κ1) is 32.7. The number of rotatable bonds is 6. The molecule has 3 aromatic carbocycles. The second-order valence-electron chi connectivity index (χ2n) is 11.8. The molecule has 0 fully saturated rings. The summed E-state index contributed by atoms with van der Waals surface area (Å²) in [7, 11) is 0. The Morgan fingerprint density at radius 1 is 0.673 bits per heavy atom. The highest BCUT2D eigenvalue weighted by molar-refractivity contribution is 7.99. The van der Waals surface area contributed by atoms with Crippen LogP contribution in [0.4, 0.5) is 23.2 Å². The van der Waals surface area contributed by atoms with E-state index in [0.717, 1.165) is 16.6 Å². The SMILES string of the molecule is C#CCOc1ccc(-c2c3nc(cc4ccc([nH]4)c(-c4c(F)c(F)c(Sc5ccccc5N)c(F)c4F)c4nc(cc5ccc2[nH]5)C=C4)C=C3)cc1. The molecule has 2 aliphatic heterocycles. The molecular formula is C41H25F4N5OS. The van der Waals surface area contributed by atoms with E-state index in [-0.39, 0.29) is 34.0 Å². The summed E-state index contributed by atoms with van der Waals surface area (Å²) >= 11 is 0.506. The van der Waals surface area contributed by atoms with Gasteiger partial charge in [-0.15, -0.1) is 6.42 Å². The fourth-order valence-corrected chi connectivity index (χ4v) is 7.00. The lowest BCUT2D eigenvalue weighted by Crippen LogP contribution is -2.04. The quantitative estimate of drug-likeness (QED) is 0.0691. The van der Waals surface area contributed by atoms with E-state index >= 15 is 17.6 Å². The minimum atomic E-state index is -1.57. The first-order valence-corrected chi connectivity index (χ1v) is 16.7. The number of H-pyrrole nitrogens is 2. The van der Waals surface area contributed by atoms with Gasteiger partial charge in [-0.2, -0.15) is 0 Å². The topological polar surface area (TPSA) is 92.6 Å². The van der Waals surface area contributed by atoms with Gasteiger partial charge in [-0.25, -0.2) is 27.5 Å². The summed E-state index contributed by atoms with van der Waals surface area (Å²) in [6.45, 7) is 0.153. The Morgan fingerprint density at radius 2 is 1.25 bits per heavy atom. The van der Waals surface area contributed by atoms with Crippen LogP contribution in [0.5, 0.6) is 5.75 Å². The van der Waals surface area contributed by atoms with Crippen molar-refractivity contribution in [1.82, 2.24) is 19.9 Å². The van der Waals surface area contributed by atoms with Crippen LogP contribution in [0.2, 0.25) is 0 Å². The summed E-state index contributed by atoms with van der Waals surface area (Å²) in [5.41, 5.74) is 10.8. The van der Waals surface area contributed by atoms with Gasteiger partial charge in [0, 0.05) is 43.8 Å². The number of nitrogen functional groups attached to an aromatic ring is 1. The number of para-hydroxylation sites is 1. The largest absolute Gasteiger partial charge is 0.481 e. The summed E-state index contributed by atoms with van der Waals surface area (Å²) in [6, 6.07) is 24.3. The van der Waals surface area contributed by atoms with E-state index in [2.05, 4.69) is 20.9 Å². The molecule has 0 saturated heterocycles. The van der Waals surface area contributed by atoms with Crippen molar-refractivity contribution in [2.75, 3.05) is 12.3 Å². The zero-order valence-electron chi connectivity index (χ0n) is 27.0. The lowest BCUT2D eigenvalue weighted by molar-refractivity contribution is 0.370. The molecule has 254 valence electrons. The predicted octanol–water partition coefficient (Wildman–Crippen LogP) is 10.3. The molecule has 0 amide bonds. The number of hydrogen-bond donors (Lipinski definition) is 3. The van der Waals surface area contributed by atoms with Crippen LogP contribution in [0.25, 0.3) is 68.6 Å². The molecule has 0 aliphatic carbocycles. The van der Waals surface area contributed by atoms with Gasteiger partial charge in [-0.1, -0.05) is 41.9 Å². The number of benzene rings is 3. The summed E-state index contributed by atoms with van der Waals surface area (Å²) < 4.78 is 69.3. The molecule has 8 bridgehead atoms. The predicted molar refractivity (Wildman–Crippen MR) is 199 cm³/mol. The number of ether oxygens (including phenoxy) is 1.